The summed E-state index contributed by atoms with van der Waals surface area (Å²) in [5.74, 6) is -0.984. The highest BCUT2D eigenvalue weighted by atomic mass is 16.6. The molecule has 1 amide bonds. The molecule has 0 spiro atoms. The zero-order valence-corrected chi connectivity index (χ0v) is 33.8. The van der Waals surface area contributed by atoms with Crippen molar-refractivity contribution in [1.29, 1.82) is 0 Å². The number of piperidine rings is 1. The molecular formula is C42H66N2O9. The fourth-order valence-corrected chi connectivity index (χ4v) is 13.0. The molecule has 298 valence electrons. The minimum Gasteiger partial charge on any atom is -0.481 e. The van der Waals surface area contributed by atoms with Gasteiger partial charge in [-0.1, -0.05) is 60.1 Å². The number of rotatable bonds is 9. The van der Waals surface area contributed by atoms with E-state index >= 15 is 0 Å². The van der Waals surface area contributed by atoms with Crippen molar-refractivity contribution in [2.45, 2.75) is 132 Å². The molecule has 3 saturated carbocycles. The Labute approximate surface area is 316 Å². The van der Waals surface area contributed by atoms with Gasteiger partial charge in [0.15, 0.2) is 0 Å². The summed E-state index contributed by atoms with van der Waals surface area (Å²) in [7, 11) is 0. The van der Waals surface area contributed by atoms with Gasteiger partial charge < -0.3 is 34.3 Å². The van der Waals surface area contributed by atoms with Crippen LogP contribution in [0, 0.1) is 56.7 Å². The Hall–Kier alpha value is -2.66. The number of fused-ring (bicyclic) bond motifs is 3. The lowest BCUT2D eigenvalue weighted by Crippen LogP contribution is -2.70. The molecule has 11 atom stereocenters. The molecule has 11 nitrogen and oxygen atoms in total. The molecule has 2 heterocycles. The summed E-state index contributed by atoms with van der Waals surface area (Å²) >= 11 is 0. The van der Waals surface area contributed by atoms with E-state index in [0.717, 1.165) is 25.7 Å². The SMILES string of the molecule is CCOC(=O)N1CCC(NCC(=O)O[C@H]2[C@H](OC(C)=O)C[C@@]34COC[C@]2(C)[C@@H]3CC[C@H]2C4=CC[C@@]3(C)[C@H](C(=O)O)[C@@](C)([C@H](C)C(C)C)CC[C@]23C)CC1. The van der Waals surface area contributed by atoms with Crippen LogP contribution < -0.4 is 5.32 Å². The van der Waals surface area contributed by atoms with Gasteiger partial charge in [0, 0.05) is 36.9 Å². The molecule has 2 aliphatic heterocycles. The average molecular weight is 743 g/mol. The minimum absolute atomic E-state index is 0.0172. The van der Waals surface area contributed by atoms with Crippen LogP contribution in [-0.4, -0.2) is 91.7 Å². The van der Waals surface area contributed by atoms with Gasteiger partial charge in [-0.25, -0.2) is 4.79 Å². The van der Waals surface area contributed by atoms with Gasteiger partial charge in [0.1, 0.15) is 12.2 Å². The number of carbonyl (C=O) groups is 4. The first-order chi connectivity index (χ1) is 24.9. The van der Waals surface area contributed by atoms with E-state index in [1.807, 2.05) is 0 Å². The maximum atomic E-state index is 13.6. The van der Waals surface area contributed by atoms with E-state index in [1.165, 1.54) is 12.5 Å². The van der Waals surface area contributed by atoms with Crippen molar-refractivity contribution < 1.29 is 43.2 Å². The minimum atomic E-state index is -0.681. The number of hydrogen-bond donors (Lipinski definition) is 2. The van der Waals surface area contributed by atoms with Crippen LogP contribution in [0.15, 0.2) is 11.6 Å². The summed E-state index contributed by atoms with van der Waals surface area (Å²) in [6.45, 7) is 21.3. The molecule has 0 aromatic heterocycles. The van der Waals surface area contributed by atoms with Gasteiger partial charge in [-0.15, -0.1) is 0 Å². The fraction of sp³-hybridized carbons (Fsp3) is 0.857. The van der Waals surface area contributed by atoms with Crippen LogP contribution in [0.2, 0.25) is 0 Å². The summed E-state index contributed by atoms with van der Waals surface area (Å²) in [4.78, 5) is 53.5. The number of carbonyl (C=O) groups excluding carboxylic acids is 3. The quantitative estimate of drug-likeness (QED) is 0.150. The number of amides is 1. The van der Waals surface area contributed by atoms with Crippen LogP contribution in [0.4, 0.5) is 4.79 Å². The maximum Gasteiger partial charge on any atom is 0.409 e. The van der Waals surface area contributed by atoms with Crippen molar-refractivity contribution >= 4 is 24.0 Å². The van der Waals surface area contributed by atoms with Crippen LogP contribution in [0.25, 0.3) is 0 Å². The largest absolute Gasteiger partial charge is 0.481 e. The highest BCUT2D eigenvalue weighted by molar-refractivity contribution is 5.73. The zero-order valence-electron chi connectivity index (χ0n) is 33.8. The Balaban J connectivity index is 1.25. The van der Waals surface area contributed by atoms with E-state index in [2.05, 4.69) is 59.9 Å². The molecule has 6 rings (SSSR count). The van der Waals surface area contributed by atoms with Gasteiger partial charge in [-0.2, -0.15) is 0 Å². The average Bonchev–Trinajstić information content (AvgIpc) is 3.09. The third kappa shape index (κ3) is 6.41. The van der Waals surface area contributed by atoms with Crippen LogP contribution in [0.5, 0.6) is 0 Å². The van der Waals surface area contributed by atoms with Gasteiger partial charge >= 0.3 is 24.0 Å². The molecule has 53 heavy (non-hydrogen) atoms. The number of nitrogens with zero attached hydrogens (tertiary/aromatic N) is 1. The second-order valence-corrected chi connectivity index (χ2v) is 18.9. The molecule has 5 fully saturated rings. The lowest BCUT2D eigenvalue weighted by molar-refractivity contribution is -0.263. The first-order valence-corrected chi connectivity index (χ1v) is 20.4. The van der Waals surface area contributed by atoms with Crippen molar-refractivity contribution in [3.05, 3.63) is 11.6 Å². The number of hydrogen-bond acceptors (Lipinski definition) is 9. The third-order valence-electron chi connectivity index (χ3n) is 16.2. The second-order valence-electron chi connectivity index (χ2n) is 18.9. The van der Waals surface area contributed by atoms with Crippen LogP contribution >= 0.6 is 0 Å². The number of carboxylic acid groups (broad SMARTS) is 1. The van der Waals surface area contributed by atoms with Crippen molar-refractivity contribution in [2.24, 2.45) is 56.7 Å². The number of aliphatic carboxylic acids is 1. The normalized spacial score (nSPS) is 41.6. The van der Waals surface area contributed by atoms with Crippen molar-refractivity contribution in [3.63, 3.8) is 0 Å². The fourth-order valence-electron chi connectivity index (χ4n) is 13.0. The molecule has 4 aliphatic carbocycles. The van der Waals surface area contributed by atoms with Crippen molar-refractivity contribution in [3.8, 4) is 0 Å². The van der Waals surface area contributed by atoms with E-state index in [4.69, 9.17) is 18.9 Å². The molecule has 11 heteroatoms. The standard InChI is InChI=1S/C42H66N2O9/c1-10-51-37(49)44-19-14-28(15-20-44)43-22-33(46)53-35-31(52-27(5)45)21-42-24-50-23-39(35,7)32(42)12-11-29-30(42)13-16-41(9)34(36(47)48)38(6,26(4)25(2)3)17-18-40(29,41)8/h13,25-26,28-29,31-32,34-35,43H,10-12,14-24H2,1-9H3,(H,47,48)/t26-,29+,31-,32+,34-,35+,38-,39-,40-,41+,42+/m1/s1. The van der Waals surface area contributed by atoms with E-state index in [9.17, 15) is 24.3 Å². The highest BCUT2D eigenvalue weighted by Crippen LogP contribution is 2.75. The van der Waals surface area contributed by atoms with E-state index in [-0.39, 0.29) is 47.3 Å². The molecule has 0 aromatic rings. The van der Waals surface area contributed by atoms with E-state index in [0.29, 0.717) is 64.5 Å². The number of allylic oxidation sites excluding steroid dienone is 1. The molecule has 2 bridgehead atoms. The van der Waals surface area contributed by atoms with Gasteiger partial charge in [-0.3, -0.25) is 14.4 Å². The number of likely N-dealkylation sites (tertiary alicyclic amines) is 1. The Morgan fingerprint density at radius 1 is 0.981 bits per heavy atom. The monoisotopic (exact) mass is 742 g/mol. The molecule has 0 aromatic carbocycles. The molecular weight excluding hydrogens is 676 g/mol. The molecule has 0 radical (unpaired) electrons. The Kier molecular flexibility index (Phi) is 10.9. The van der Waals surface area contributed by atoms with Crippen LogP contribution in [0.1, 0.15) is 114 Å². The van der Waals surface area contributed by atoms with Gasteiger partial charge in [0.2, 0.25) is 0 Å². The Bertz CT molecular complexity index is 1470. The van der Waals surface area contributed by atoms with Gasteiger partial charge in [0.05, 0.1) is 32.3 Å². The summed E-state index contributed by atoms with van der Waals surface area (Å²) < 4.78 is 24.1. The van der Waals surface area contributed by atoms with Crippen LogP contribution in [-0.2, 0) is 33.3 Å². The Morgan fingerprint density at radius 2 is 1.68 bits per heavy atom. The zero-order chi connectivity index (χ0) is 38.7. The van der Waals surface area contributed by atoms with Crippen LogP contribution in [0.3, 0.4) is 0 Å². The summed E-state index contributed by atoms with van der Waals surface area (Å²) in [6, 6.07) is 0.0672. The topological polar surface area (TPSA) is 141 Å². The lowest BCUT2D eigenvalue weighted by Gasteiger charge is -2.71. The summed E-state index contributed by atoms with van der Waals surface area (Å²) in [5, 5.41) is 14.3. The Morgan fingerprint density at radius 3 is 2.30 bits per heavy atom. The van der Waals surface area contributed by atoms with Crippen molar-refractivity contribution in [1.82, 2.24) is 10.2 Å². The molecule has 6 aliphatic rings. The lowest BCUT2D eigenvalue weighted by atomic mass is 9.34. The predicted molar refractivity (Wildman–Crippen MR) is 199 cm³/mol. The van der Waals surface area contributed by atoms with Crippen molar-refractivity contribution in [2.75, 3.05) is 39.5 Å². The van der Waals surface area contributed by atoms with E-state index < -0.39 is 52.3 Å². The maximum absolute atomic E-state index is 13.6. The first-order valence-electron chi connectivity index (χ1n) is 20.4. The molecule has 2 saturated heterocycles. The summed E-state index contributed by atoms with van der Waals surface area (Å²) in [5.41, 5.74) is -0.635. The summed E-state index contributed by atoms with van der Waals surface area (Å²) in [6.07, 6.45) is 7.05. The third-order valence-corrected chi connectivity index (χ3v) is 16.2. The van der Waals surface area contributed by atoms with Gasteiger partial charge in [0.25, 0.3) is 0 Å². The number of ether oxygens (including phenoxy) is 4. The number of carboxylic acids is 1. The van der Waals surface area contributed by atoms with Gasteiger partial charge in [-0.05, 0) is 98.2 Å². The predicted octanol–water partition coefficient (Wildman–Crippen LogP) is 6.63. The number of esters is 2. The highest BCUT2D eigenvalue weighted by Gasteiger charge is 2.72. The second kappa shape index (κ2) is 14.4. The molecule has 2 N–H and O–H groups in total. The number of nitrogens with one attached hydrogen (secondary N) is 1. The van der Waals surface area contributed by atoms with E-state index in [1.54, 1.807) is 11.8 Å². The smallest absolute Gasteiger partial charge is 0.409 e. The molecule has 0 unspecified atom stereocenters. The first kappa shape index (κ1) is 40.0.